The van der Waals surface area contributed by atoms with Crippen molar-refractivity contribution >= 4 is 22.6 Å². The van der Waals surface area contributed by atoms with E-state index in [1.165, 1.54) is 18.6 Å². The van der Waals surface area contributed by atoms with Gasteiger partial charge in [0.05, 0.1) is 16.5 Å². The van der Waals surface area contributed by atoms with Gasteiger partial charge in [0.1, 0.15) is 17.8 Å². The van der Waals surface area contributed by atoms with Crippen molar-refractivity contribution in [3.63, 3.8) is 0 Å². The number of fused-ring (bicyclic) bond motifs is 1. The molecule has 1 aliphatic rings. The number of H-pyrrole nitrogens is 1. The molecular weight excluding hydrogens is 435 g/mol. The Bertz CT molecular complexity index is 1120. The van der Waals surface area contributed by atoms with E-state index in [-0.39, 0.29) is 29.9 Å². The molecule has 1 aliphatic carbocycles. The Hall–Kier alpha value is -3.01. The maximum atomic E-state index is 14.8. The molecule has 1 saturated carbocycles. The Morgan fingerprint density at radius 3 is 2.76 bits per heavy atom. The zero-order valence-corrected chi connectivity index (χ0v) is 18.3. The second-order valence-corrected chi connectivity index (χ2v) is 8.39. The van der Waals surface area contributed by atoms with Crippen molar-refractivity contribution in [2.75, 3.05) is 25.6 Å². The van der Waals surface area contributed by atoms with Gasteiger partial charge in [0.2, 0.25) is 11.9 Å². The number of alkyl halides is 2. The number of aromatic amines is 1. The zero-order valence-electron chi connectivity index (χ0n) is 18.3. The van der Waals surface area contributed by atoms with E-state index >= 15 is 0 Å². The molecule has 3 aromatic heterocycles. The molecule has 10 heteroatoms. The van der Waals surface area contributed by atoms with Crippen LogP contribution in [0.2, 0.25) is 0 Å². The van der Waals surface area contributed by atoms with Crippen molar-refractivity contribution in [2.24, 2.45) is 5.92 Å². The molecule has 2 N–H and O–H groups in total. The van der Waals surface area contributed by atoms with Gasteiger partial charge in [-0.3, -0.25) is 4.79 Å². The summed E-state index contributed by atoms with van der Waals surface area (Å²) >= 11 is 0. The number of hydrogen-bond acceptors (Lipinski definition) is 6. The van der Waals surface area contributed by atoms with Crippen LogP contribution in [0.3, 0.4) is 0 Å². The molecule has 0 unspecified atom stereocenters. The Morgan fingerprint density at radius 1 is 1.24 bits per heavy atom. The molecule has 33 heavy (non-hydrogen) atoms. The van der Waals surface area contributed by atoms with E-state index in [1.54, 1.807) is 13.2 Å². The second-order valence-electron chi connectivity index (χ2n) is 8.39. The summed E-state index contributed by atoms with van der Waals surface area (Å²) in [6.45, 7) is 1.16. The molecule has 0 bridgehead atoms. The number of nitrogens with zero attached hydrogens (tertiary/aromatic N) is 3. The second kappa shape index (κ2) is 9.86. The summed E-state index contributed by atoms with van der Waals surface area (Å²) in [6.07, 6.45) is 4.48. The van der Waals surface area contributed by atoms with E-state index in [9.17, 15) is 18.0 Å². The van der Waals surface area contributed by atoms with Crippen LogP contribution in [0.5, 0.6) is 0 Å². The molecule has 7 nitrogen and oxygen atoms in total. The van der Waals surface area contributed by atoms with Gasteiger partial charge in [-0.15, -0.1) is 0 Å². The first kappa shape index (κ1) is 23.2. The summed E-state index contributed by atoms with van der Waals surface area (Å²) in [5.41, 5.74) is 0.996. The lowest BCUT2D eigenvalue weighted by molar-refractivity contribution is -0.0457. The fourth-order valence-corrected chi connectivity index (χ4v) is 4.20. The molecular formula is C23H26F3N5O2. The molecule has 0 spiro atoms. The van der Waals surface area contributed by atoms with Gasteiger partial charge >= 0.3 is 0 Å². The fourth-order valence-electron chi connectivity index (χ4n) is 4.20. The summed E-state index contributed by atoms with van der Waals surface area (Å²) in [5, 5.41) is 3.64. The lowest BCUT2D eigenvalue weighted by atomic mass is 9.84. The van der Waals surface area contributed by atoms with Crippen molar-refractivity contribution in [1.82, 2.24) is 19.9 Å². The van der Waals surface area contributed by atoms with Gasteiger partial charge in [0, 0.05) is 45.0 Å². The number of ether oxygens (including phenoxy) is 1. The van der Waals surface area contributed by atoms with Gasteiger partial charge in [-0.1, -0.05) is 0 Å². The number of halogens is 3. The van der Waals surface area contributed by atoms with Crippen LogP contribution in [0.25, 0.3) is 11.0 Å². The lowest BCUT2D eigenvalue weighted by Crippen LogP contribution is -2.25. The molecule has 0 aliphatic heterocycles. The molecule has 0 saturated heterocycles. The number of pyridine rings is 1. The van der Waals surface area contributed by atoms with E-state index in [0.717, 1.165) is 6.42 Å². The van der Waals surface area contributed by atoms with Gasteiger partial charge in [-0.25, -0.2) is 23.7 Å². The third-order valence-corrected chi connectivity index (χ3v) is 6.02. The highest BCUT2D eigenvalue weighted by Crippen LogP contribution is 2.37. The number of carbonyl (C=O) groups excluding carboxylic acids is 1. The third kappa shape index (κ3) is 5.32. The number of carbonyl (C=O) groups is 1. The molecule has 4 rings (SSSR count). The predicted molar refractivity (Wildman–Crippen MR) is 117 cm³/mol. The highest BCUT2D eigenvalue weighted by molar-refractivity contribution is 6.17. The molecule has 3 heterocycles. The average molecular weight is 461 g/mol. The maximum Gasteiger partial charge on any atom is 0.248 e. The van der Waals surface area contributed by atoms with Gasteiger partial charge in [-0.05, 0) is 43.7 Å². The summed E-state index contributed by atoms with van der Waals surface area (Å²) in [4.78, 5) is 28.4. The van der Waals surface area contributed by atoms with E-state index in [0.29, 0.717) is 55.0 Å². The largest absolute Gasteiger partial charge is 0.385 e. The predicted octanol–water partition coefficient (Wildman–Crippen LogP) is 4.54. The van der Waals surface area contributed by atoms with Crippen LogP contribution >= 0.6 is 0 Å². The van der Waals surface area contributed by atoms with Crippen LogP contribution in [0, 0.1) is 11.9 Å². The fraction of sp³-hybridized carbons (Fsp3) is 0.478. The van der Waals surface area contributed by atoms with Crippen LogP contribution in [-0.4, -0.2) is 51.9 Å². The van der Waals surface area contributed by atoms with Gasteiger partial charge in [0.25, 0.3) is 0 Å². The van der Waals surface area contributed by atoms with Crippen LogP contribution in [0.4, 0.5) is 19.0 Å². The molecule has 1 fully saturated rings. The first-order valence-electron chi connectivity index (χ1n) is 11.0. The number of rotatable bonds is 9. The Labute approximate surface area is 189 Å². The number of aromatic nitrogens is 4. The van der Waals surface area contributed by atoms with Crippen molar-refractivity contribution in [3.05, 3.63) is 47.4 Å². The SMILES string of the molecule is COCCCNc1ncnc2[nH]cc(C(=O)c3ccc(CC4CCC(F)(F)CC4)nc3F)c12. The Balaban J connectivity index is 1.52. The number of nitrogens with one attached hydrogen (secondary N) is 2. The Morgan fingerprint density at radius 2 is 2.03 bits per heavy atom. The number of methoxy groups -OCH3 is 1. The highest BCUT2D eigenvalue weighted by Gasteiger charge is 2.35. The minimum atomic E-state index is -2.61. The summed E-state index contributed by atoms with van der Waals surface area (Å²) in [7, 11) is 1.62. The molecule has 0 atom stereocenters. The molecule has 0 amide bonds. The van der Waals surface area contributed by atoms with Crippen LogP contribution in [0.15, 0.2) is 24.7 Å². The van der Waals surface area contributed by atoms with E-state index < -0.39 is 17.7 Å². The van der Waals surface area contributed by atoms with Crippen molar-refractivity contribution in [1.29, 1.82) is 0 Å². The normalized spacial score (nSPS) is 16.2. The third-order valence-electron chi connectivity index (χ3n) is 6.02. The smallest absolute Gasteiger partial charge is 0.248 e. The van der Waals surface area contributed by atoms with Crippen LogP contribution in [-0.2, 0) is 11.2 Å². The number of hydrogen-bond donors (Lipinski definition) is 2. The van der Waals surface area contributed by atoms with Gasteiger partial charge in [0.15, 0.2) is 5.78 Å². The molecule has 3 aromatic rings. The van der Waals surface area contributed by atoms with E-state index in [2.05, 4.69) is 25.3 Å². The summed E-state index contributed by atoms with van der Waals surface area (Å²) < 4.78 is 46.6. The highest BCUT2D eigenvalue weighted by atomic mass is 19.3. The topological polar surface area (TPSA) is 92.8 Å². The zero-order chi connectivity index (χ0) is 23.4. The first-order chi connectivity index (χ1) is 15.9. The molecule has 176 valence electrons. The number of anilines is 1. The van der Waals surface area contributed by atoms with Crippen molar-refractivity contribution in [2.45, 2.75) is 44.4 Å². The summed E-state index contributed by atoms with van der Waals surface area (Å²) in [6, 6.07) is 3.00. The van der Waals surface area contributed by atoms with Gasteiger partial charge < -0.3 is 15.0 Å². The average Bonchev–Trinajstić information content (AvgIpc) is 3.23. The monoisotopic (exact) mass is 461 g/mol. The first-order valence-corrected chi connectivity index (χ1v) is 11.0. The minimum absolute atomic E-state index is 0.0376. The minimum Gasteiger partial charge on any atom is -0.385 e. The number of ketones is 1. The van der Waals surface area contributed by atoms with E-state index in [4.69, 9.17) is 4.74 Å². The standard InChI is InChI=1S/C23H26F3N5O2/c1-33-10-2-9-27-21-18-17(12-28-22(18)30-13-29-21)19(32)16-4-3-15(31-20(16)24)11-14-5-7-23(25,26)8-6-14/h3-4,12-14H,2,5-11H2,1H3,(H2,27,28,29,30). The van der Waals surface area contributed by atoms with Crippen molar-refractivity contribution in [3.8, 4) is 0 Å². The van der Waals surface area contributed by atoms with Crippen LogP contribution in [0.1, 0.15) is 53.7 Å². The maximum absolute atomic E-state index is 14.8. The quantitative estimate of drug-likeness (QED) is 0.276. The molecule has 0 aromatic carbocycles. The van der Waals surface area contributed by atoms with E-state index in [1.807, 2.05) is 0 Å². The molecule has 0 radical (unpaired) electrons. The van der Waals surface area contributed by atoms with Crippen LogP contribution < -0.4 is 5.32 Å². The lowest BCUT2D eigenvalue weighted by Gasteiger charge is -2.28. The Kier molecular flexibility index (Phi) is 6.92. The van der Waals surface area contributed by atoms with Crippen molar-refractivity contribution < 1.29 is 22.7 Å². The summed E-state index contributed by atoms with van der Waals surface area (Å²) in [5.74, 6) is -3.51. The van der Waals surface area contributed by atoms with Gasteiger partial charge in [-0.2, -0.15) is 4.39 Å².